The quantitative estimate of drug-likeness (QED) is 0.0288. The van der Waals surface area contributed by atoms with Crippen LogP contribution in [0.3, 0.4) is 0 Å². The fourth-order valence-electron chi connectivity index (χ4n) is 11.5. The van der Waals surface area contributed by atoms with E-state index < -0.39 is 0 Å². The number of unbranched alkanes of at least 4 members (excludes halogenated alkanes) is 20. The van der Waals surface area contributed by atoms with Gasteiger partial charge in [0.15, 0.2) is 0 Å². The summed E-state index contributed by atoms with van der Waals surface area (Å²) < 4.78 is 14.0. The molecule has 75 heavy (non-hydrogen) atoms. The Kier molecular flexibility index (Phi) is 26.6. The van der Waals surface area contributed by atoms with Crippen LogP contribution in [0.1, 0.15) is 226 Å². The van der Waals surface area contributed by atoms with E-state index in [1.807, 2.05) is 0 Å². The van der Waals surface area contributed by atoms with Crippen molar-refractivity contribution in [3.05, 3.63) is 154 Å². The van der Waals surface area contributed by atoms with E-state index >= 15 is 0 Å². The number of rotatable bonds is 36. The summed E-state index contributed by atoms with van der Waals surface area (Å²) in [6, 6.07) is 41.9. The third-order valence-corrected chi connectivity index (χ3v) is 16.5. The van der Waals surface area contributed by atoms with Crippen molar-refractivity contribution < 1.29 is 9.05 Å². The van der Waals surface area contributed by atoms with E-state index in [9.17, 15) is 0 Å². The zero-order valence-corrected chi connectivity index (χ0v) is 49.5. The molecule has 0 saturated heterocycles. The molecule has 0 saturated carbocycles. The first-order valence-corrected chi connectivity index (χ1v) is 31.3. The maximum Gasteiger partial charge on any atom is 0.275 e. The second kappa shape index (κ2) is 33.5. The van der Waals surface area contributed by atoms with Gasteiger partial charge >= 0.3 is 0 Å². The van der Waals surface area contributed by atoms with Crippen LogP contribution in [0, 0.1) is 27.7 Å². The summed E-state index contributed by atoms with van der Waals surface area (Å²) in [4.78, 5) is 0. The highest BCUT2D eigenvalue weighted by molar-refractivity contribution is 7.27. The molecule has 0 aliphatic rings. The molecule has 0 aromatic heterocycles. The highest BCUT2D eigenvalue weighted by atomic mass is 31.1. The molecule has 2 nitrogen and oxygen atoms in total. The molecule has 0 fully saturated rings. The Morgan fingerprint density at radius 3 is 0.827 bits per heavy atom. The molecular weight excluding hydrogens is 928 g/mol. The first-order valence-electron chi connectivity index (χ1n) is 30.5. The Balaban J connectivity index is 1.32. The minimum atomic E-state index is -0.246. The summed E-state index contributed by atoms with van der Waals surface area (Å²) in [5.74, 6) is 1.72. The van der Waals surface area contributed by atoms with Crippen LogP contribution in [-0.2, 0) is 25.7 Å². The van der Waals surface area contributed by atoms with E-state index in [2.05, 4.69) is 165 Å². The smallest absolute Gasteiger partial charge is 0.275 e. The highest BCUT2D eigenvalue weighted by Gasteiger charge is 2.21. The van der Waals surface area contributed by atoms with Crippen molar-refractivity contribution in [2.45, 2.75) is 235 Å². The van der Waals surface area contributed by atoms with Crippen molar-refractivity contribution >= 4 is 9.03 Å². The Morgan fingerprint density at radius 2 is 0.547 bits per heavy atom. The molecule has 6 aromatic rings. The molecule has 0 amide bonds. The fourth-order valence-corrected chi connectivity index (χ4v) is 12.0. The van der Waals surface area contributed by atoms with Gasteiger partial charge in [0.2, 0.25) is 0 Å². The van der Waals surface area contributed by atoms with Gasteiger partial charge in [0, 0.05) is 11.1 Å². The normalized spacial score (nSPS) is 11.4. The number of benzene rings is 6. The summed E-state index contributed by atoms with van der Waals surface area (Å²) in [5.41, 5.74) is 20.6. The summed E-state index contributed by atoms with van der Waals surface area (Å²) in [6.45, 7) is 18.4. The van der Waals surface area contributed by atoms with Gasteiger partial charge in [0.1, 0.15) is 11.5 Å². The maximum atomic E-state index is 6.99. The molecule has 0 spiro atoms. The average molecular weight is 1030 g/mol. The van der Waals surface area contributed by atoms with Gasteiger partial charge in [-0.3, -0.25) is 0 Å². The van der Waals surface area contributed by atoms with Gasteiger partial charge < -0.3 is 9.05 Å². The topological polar surface area (TPSA) is 18.5 Å². The van der Waals surface area contributed by atoms with Crippen LogP contribution in [0.4, 0.5) is 0 Å². The molecule has 0 aliphatic heterocycles. The van der Waals surface area contributed by atoms with Crippen LogP contribution in [0.25, 0.3) is 44.5 Å². The van der Waals surface area contributed by atoms with E-state index in [1.165, 1.54) is 232 Å². The first kappa shape index (κ1) is 59.6. The number of hydrogen-bond acceptors (Lipinski definition) is 2. The lowest BCUT2D eigenvalue weighted by Crippen LogP contribution is -1.98. The molecule has 404 valence electrons. The largest absolute Gasteiger partial charge is 0.440 e. The SMILES string of the molecule is CCCCCCCCc1ccc(-c2cccc(OPOc3cccc(-c4ccc(CCCCCCCC)cc4C)c3-c3ccc(CCCCCCCC)cc3C)c2-c2ccc(CCCCCCCC)cc2C)c(C)c1. The second-order valence-corrected chi connectivity index (χ2v) is 22.9. The molecule has 0 bridgehead atoms. The molecule has 0 aliphatic carbocycles. The van der Waals surface area contributed by atoms with E-state index in [0.717, 1.165) is 48.3 Å². The minimum absolute atomic E-state index is 0.246. The zero-order chi connectivity index (χ0) is 53.0. The fraction of sp³-hybridized carbons (Fsp3) is 0.500. The highest BCUT2D eigenvalue weighted by Crippen LogP contribution is 2.47. The van der Waals surface area contributed by atoms with Gasteiger partial charge in [0.25, 0.3) is 9.03 Å². The summed E-state index contributed by atoms with van der Waals surface area (Å²) in [5, 5.41) is 0. The zero-order valence-electron chi connectivity index (χ0n) is 48.5. The van der Waals surface area contributed by atoms with Crippen molar-refractivity contribution in [3.8, 4) is 56.0 Å². The third-order valence-electron chi connectivity index (χ3n) is 15.9. The lowest BCUT2D eigenvalue weighted by Gasteiger charge is -2.21. The van der Waals surface area contributed by atoms with Gasteiger partial charge in [0.05, 0.1) is 0 Å². The summed E-state index contributed by atoms with van der Waals surface area (Å²) in [6.07, 6.45) is 36.1. The Labute approximate surface area is 460 Å². The summed E-state index contributed by atoms with van der Waals surface area (Å²) >= 11 is 0. The van der Waals surface area contributed by atoms with Crippen molar-refractivity contribution in [1.29, 1.82) is 0 Å². The van der Waals surface area contributed by atoms with Crippen LogP contribution >= 0.6 is 9.03 Å². The molecule has 6 rings (SSSR count). The van der Waals surface area contributed by atoms with Crippen molar-refractivity contribution in [3.63, 3.8) is 0 Å². The maximum absolute atomic E-state index is 6.99. The van der Waals surface area contributed by atoms with E-state index in [0.29, 0.717) is 0 Å². The minimum Gasteiger partial charge on any atom is -0.440 e. The molecule has 0 heterocycles. The van der Waals surface area contributed by atoms with E-state index in [1.54, 1.807) is 0 Å². The molecular formula is C72H99O2P. The van der Waals surface area contributed by atoms with Gasteiger partial charge in [-0.15, -0.1) is 0 Å². The molecule has 0 unspecified atom stereocenters. The first-order chi connectivity index (χ1) is 36.8. The Morgan fingerprint density at radius 1 is 0.280 bits per heavy atom. The Bertz CT molecular complexity index is 2420. The molecule has 0 N–H and O–H groups in total. The predicted octanol–water partition coefficient (Wildman–Crippen LogP) is 23.2. The van der Waals surface area contributed by atoms with Crippen molar-refractivity contribution in [2.24, 2.45) is 0 Å². The van der Waals surface area contributed by atoms with Gasteiger partial charge in [-0.1, -0.05) is 253 Å². The average Bonchev–Trinajstić information content (AvgIpc) is 3.41. The monoisotopic (exact) mass is 1030 g/mol. The van der Waals surface area contributed by atoms with E-state index in [-0.39, 0.29) is 9.03 Å². The van der Waals surface area contributed by atoms with Crippen LogP contribution in [0.5, 0.6) is 11.5 Å². The third kappa shape index (κ3) is 18.8. The van der Waals surface area contributed by atoms with Gasteiger partial charge in [-0.25, -0.2) is 0 Å². The molecule has 0 radical (unpaired) electrons. The van der Waals surface area contributed by atoms with Crippen LogP contribution in [0.2, 0.25) is 0 Å². The second-order valence-electron chi connectivity index (χ2n) is 22.3. The molecule has 6 aromatic carbocycles. The predicted molar refractivity (Wildman–Crippen MR) is 331 cm³/mol. The lowest BCUT2D eigenvalue weighted by atomic mass is 9.88. The van der Waals surface area contributed by atoms with E-state index in [4.69, 9.17) is 9.05 Å². The lowest BCUT2D eigenvalue weighted by molar-refractivity contribution is 0.518. The van der Waals surface area contributed by atoms with Crippen LogP contribution < -0.4 is 9.05 Å². The van der Waals surface area contributed by atoms with Gasteiger partial charge in [-0.05, 0) is 169 Å². The Hall–Kier alpha value is -4.65. The van der Waals surface area contributed by atoms with Gasteiger partial charge in [-0.2, -0.15) is 0 Å². The number of aryl methyl sites for hydroxylation is 8. The van der Waals surface area contributed by atoms with Crippen molar-refractivity contribution in [1.82, 2.24) is 0 Å². The number of hydrogen-bond donors (Lipinski definition) is 0. The van der Waals surface area contributed by atoms with Crippen molar-refractivity contribution in [2.75, 3.05) is 0 Å². The standard InChI is InChI=1S/C72H99O2P/c1-9-13-17-21-25-29-35-59-43-47-63(55(5)51-59)67-39-33-41-69(71(67)65-49-45-61(53-57(65)7)37-31-27-23-19-15-11-3)73-75-74-70-42-34-40-68(64-48-44-60(52-56(64)6)36-30-26-22-18-14-10-2)72(70)66-50-46-62(54-58(66)8)38-32-28-24-20-16-12-4/h33-34,39-54,75H,9-32,35-38H2,1-8H3. The molecule has 0 atom stereocenters. The summed E-state index contributed by atoms with van der Waals surface area (Å²) in [7, 11) is -0.246. The van der Waals surface area contributed by atoms with Crippen LogP contribution in [-0.4, -0.2) is 0 Å². The van der Waals surface area contributed by atoms with Crippen LogP contribution in [0.15, 0.2) is 109 Å². The molecule has 3 heteroatoms.